The van der Waals surface area contributed by atoms with Gasteiger partial charge < -0.3 is 0 Å². The van der Waals surface area contributed by atoms with Crippen molar-refractivity contribution in [2.24, 2.45) is 0 Å². The summed E-state index contributed by atoms with van der Waals surface area (Å²) in [7, 11) is 0. The number of aromatic nitrogens is 2. The molecule has 3 rings (SSSR count). The number of hydrogen-bond acceptors (Lipinski definition) is 2. The lowest BCUT2D eigenvalue weighted by atomic mass is 10.1. The van der Waals surface area contributed by atoms with Crippen LogP contribution in [0.15, 0.2) is 68.0 Å². The zero-order valence-corrected chi connectivity index (χ0v) is 12.0. The van der Waals surface area contributed by atoms with Gasteiger partial charge >= 0.3 is 0 Å². The molecule has 0 aliphatic carbocycles. The van der Waals surface area contributed by atoms with Crippen LogP contribution in [0.3, 0.4) is 0 Å². The first-order chi connectivity index (χ1) is 9.76. The van der Waals surface area contributed by atoms with Crippen LogP contribution in [0.1, 0.15) is 11.1 Å². The number of imidazole rings is 1. The zero-order chi connectivity index (χ0) is 14.4. The first-order valence-corrected chi connectivity index (χ1v) is 6.61. The minimum atomic E-state index is 0.984. The van der Waals surface area contributed by atoms with Crippen molar-refractivity contribution in [2.45, 2.75) is 0 Å². The van der Waals surface area contributed by atoms with Gasteiger partial charge in [0.15, 0.2) is 0 Å². The lowest BCUT2D eigenvalue weighted by Gasteiger charge is -1.96. The molecule has 0 radical (unpaired) electrons. The van der Waals surface area contributed by atoms with Crippen molar-refractivity contribution in [3.63, 3.8) is 0 Å². The Labute approximate surface area is 124 Å². The SMILES string of the molecule is C=Cc1ccccc1C=C.Sn1cnc2ccccc21. The molecule has 0 saturated heterocycles. The molecule has 20 heavy (non-hydrogen) atoms. The topological polar surface area (TPSA) is 17.8 Å². The molecule has 0 saturated carbocycles. The van der Waals surface area contributed by atoms with E-state index in [1.54, 1.807) is 10.3 Å². The molecule has 0 spiro atoms. The average Bonchev–Trinajstić information content (AvgIpc) is 2.90. The van der Waals surface area contributed by atoms with Crippen LogP contribution >= 0.6 is 12.8 Å². The van der Waals surface area contributed by atoms with E-state index >= 15 is 0 Å². The van der Waals surface area contributed by atoms with Gasteiger partial charge in [-0.25, -0.2) is 4.98 Å². The monoisotopic (exact) mass is 280 g/mol. The summed E-state index contributed by atoms with van der Waals surface area (Å²) >= 11 is 4.16. The second-order valence-electron chi connectivity index (χ2n) is 4.12. The number of rotatable bonds is 2. The molecule has 1 aromatic heterocycles. The molecule has 1 heterocycles. The Morgan fingerprint density at radius 3 is 2.00 bits per heavy atom. The van der Waals surface area contributed by atoms with Crippen LogP contribution in [0.2, 0.25) is 0 Å². The Kier molecular flexibility index (Phi) is 4.80. The smallest absolute Gasteiger partial charge is 0.106 e. The van der Waals surface area contributed by atoms with Crippen LogP contribution in [0.4, 0.5) is 0 Å². The van der Waals surface area contributed by atoms with Gasteiger partial charge in [0.25, 0.3) is 0 Å². The van der Waals surface area contributed by atoms with Crippen LogP contribution in [-0.4, -0.2) is 8.96 Å². The second-order valence-corrected chi connectivity index (χ2v) is 4.55. The van der Waals surface area contributed by atoms with E-state index in [1.165, 1.54) is 0 Å². The lowest BCUT2D eigenvalue weighted by Crippen LogP contribution is -1.76. The van der Waals surface area contributed by atoms with Crippen LogP contribution in [0, 0.1) is 0 Å². The fraction of sp³-hybridized carbons (Fsp3) is 0. The molecule has 3 aromatic rings. The number of thiol groups is 1. The molecule has 0 N–H and O–H groups in total. The molecule has 0 bridgehead atoms. The van der Waals surface area contributed by atoms with Crippen molar-refractivity contribution in [1.29, 1.82) is 0 Å². The third kappa shape index (κ3) is 3.19. The summed E-state index contributed by atoms with van der Waals surface area (Å²) in [6, 6.07) is 15.9. The molecular weight excluding hydrogens is 264 g/mol. The standard InChI is InChI=1S/C10H10.C7H6N2S/c1-3-9-7-5-6-8-10(9)4-2;10-9-5-8-6-3-1-2-4-7(6)9/h3-8H,1-2H2;1-5,10H. The summed E-state index contributed by atoms with van der Waals surface area (Å²) in [6.45, 7) is 7.38. The summed E-state index contributed by atoms with van der Waals surface area (Å²) in [5.74, 6) is 0. The predicted molar refractivity (Wildman–Crippen MR) is 90.7 cm³/mol. The van der Waals surface area contributed by atoms with Gasteiger partial charge in [0.05, 0.1) is 11.0 Å². The fourth-order valence-electron chi connectivity index (χ4n) is 1.83. The van der Waals surface area contributed by atoms with E-state index in [9.17, 15) is 0 Å². The first kappa shape index (κ1) is 14.2. The second kappa shape index (κ2) is 6.78. The number of hydrogen-bond donors (Lipinski definition) is 1. The zero-order valence-electron chi connectivity index (χ0n) is 11.1. The normalized spacial score (nSPS) is 9.65. The Morgan fingerprint density at radius 1 is 0.900 bits per heavy atom. The minimum Gasteiger partial charge on any atom is -0.275 e. The molecule has 0 aliphatic rings. The number of benzene rings is 2. The van der Waals surface area contributed by atoms with Gasteiger partial charge in [-0.1, -0.05) is 74.5 Å². The van der Waals surface area contributed by atoms with Crippen molar-refractivity contribution in [1.82, 2.24) is 8.96 Å². The van der Waals surface area contributed by atoms with Crippen LogP contribution in [-0.2, 0) is 0 Å². The highest BCUT2D eigenvalue weighted by molar-refractivity contribution is 7.78. The molecule has 2 nitrogen and oxygen atoms in total. The molecule has 2 aromatic carbocycles. The summed E-state index contributed by atoms with van der Waals surface area (Å²) in [5.41, 5.74) is 4.30. The van der Waals surface area contributed by atoms with E-state index < -0.39 is 0 Å². The molecule has 0 fully saturated rings. The minimum absolute atomic E-state index is 0.984. The Bertz CT molecular complexity index is 701. The number of fused-ring (bicyclic) bond motifs is 1. The maximum absolute atomic E-state index is 4.16. The van der Waals surface area contributed by atoms with Crippen molar-refractivity contribution in [2.75, 3.05) is 0 Å². The predicted octanol–water partition coefficient (Wildman–Crippen LogP) is 4.70. The molecular formula is C17H16N2S. The summed E-state index contributed by atoms with van der Waals surface area (Å²) in [5, 5.41) is 0. The molecule has 3 heteroatoms. The van der Waals surface area contributed by atoms with E-state index in [0.29, 0.717) is 0 Å². The average molecular weight is 280 g/mol. The van der Waals surface area contributed by atoms with Crippen molar-refractivity contribution >= 4 is 36.0 Å². The van der Waals surface area contributed by atoms with E-state index in [2.05, 4.69) is 31.0 Å². The molecule has 0 amide bonds. The van der Waals surface area contributed by atoms with Gasteiger partial charge in [-0.3, -0.25) is 3.97 Å². The van der Waals surface area contributed by atoms with E-state index in [1.807, 2.05) is 60.7 Å². The van der Waals surface area contributed by atoms with Gasteiger partial charge in [-0.15, -0.1) is 0 Å². The molecule has 0 aliphatic heterocycles. The summed E-state index contributed by atoms with van der Waals surface area (Å²) in [6.07, 6.45) is 5.35. The van der Waals surface area contributed by atoms with Crippen molar-refractivity contribution < 1.29 is 0 Å². The van der Waals surface area contributed by atoms with Gasteiger partial charge in [-0.05, 0) is 23.3 Å². The molecule has 100 valence electrons. The Morgan fingerprint density at radius 2 is 1.45 bits per heavy atom. The number of nitrogens with zero attached hydrogens (tertiary/aromatic N) is 2. The van der Waals surface area contributed by atoms with Gasteiger partial charge in [0, 0.05) is 0 Å². The first-order valence-electron chi connectivity index (χ1n) is 6.21. The lowest BCUT2D eigenvalue weighted by molar-refractivity contribution is 1.28. The van der Waals surface area contributed by atoms with Crippen LogP contribution < -0.4 is 0 Å². The summed E-state index contributed by atoms with van der Waals surface area (Å²) < 4.78 is 1.70. The van der Waals surface area contributed by atoms with E-state index in [0.717, 1.165) is 22.2 Å². The maximum Gasteiger partial charge on any atom is 0.106 e. The van der Waals surface area contributed by atoms with Crippen LogP contribution in [0.5, 0.6) is 0 Å². The Balaban J connectivity index is 0.000000147. The quantitative estimate of drug-likeness (QED) is 0.673. The van der Waals surface area contributed by atoms with Gasteiger partial charge in [-0.2, -0.15) is 0 Å². The molecule has 0 atom stereocenters. The third-order valence-electron chi connectivity index (χ3n) is 2.87. The fourth-order valence-corrected chi connectivity index (χ4v) is 2.05. The Hall–Kier alpha value is -2.26. The van der Waals surface area contributed by atoms with E-state index in [-0.39, 0.29) is 0 Å². The van der Waals surface area contributed by atoms with Gasteiger partial charge in [0.2, 0.25) is 0 Å². The molecule has 0 unspecified atom stereocenters. The van der Waals surface area contributed by atoms with Crippen molar-refractivity contribution in [3.8, 4) is 0 Å². The summed E-state index contributed by atoms with van der Waals surface area (Å²) in [4.78, 5) is 4.10. The highest BCUT2D eigenvalue weighted by Gasteiger charge is 1.94. The van der Waals surface area contributed by atoms with Crippen LogP contribution in [0.25, 0.3) is 23.2 Å². The van der Waals surface area contributed by atoms with Gasteiger partial charge in [0.1, 0.15) is 6.33 Å². The maximum atomic E-state index is 4.16. The highest BCUT2D eigenvalue weighted by atomic mass is 32.1. The third-order valence-corrected chi connectivity index (χ3v) is 3.19. The van der Waals surface area contributed by atoms with Crippen molar-refractivity contribution in [3.05, 3.63) is 79.1 Å². The number of para-hydroxylation sites is 2. The highest BCUT2D eigenvalue weighted by Crippen LogP contribution is 2.11. The van der Waals surface area contributed by atoms with E-state index in [4.69, 9.17) is 0 Å². The largest absolute Gasteiger partial charge is 0.275 e.